The van der Waals surface area contributed by atoms with Crippen LogP contribution in [-0.2, 0) is 0 Å². The second-order valence-electron chi connectivity index (χ2n) is 7.06. The highest BCUT2D eigenvalue weighted by atomic mass is 32.1. The summed E-state index contributed by atoms with van der Waals surface area (Å²) in [5.41, 5.74) is 4.95. The summed E-state index contributed by atoms with van der Waals surface area (Å²) in [4.78, 5) is 17.3. The number of hydrogen-bond donors (Lipinski definition) is 1. The number of hydrogen-bond acceptors (Lipinski definition) is 6. The molecule has 4 rings (SSSR count). The van der Waals surface area contributed by atoms with Gasteiger partial charge >= 0.3 is 0 Å². The van der Waals surface area contributed by atoms with Gasteiger partial charge in [0.25, 0.3) is 0 Å². The molecule has 0 radical (unpaired) electrons. The van der Waals surface area contributed by atoms with Gasteiger partial charge in [-0.3, -0.25) is 9.78 Å². The molecular formula is C22H21N3O2S. The van der Waals surface area contributed by atoms with Crippen molar-refractivity contribution in [3.8, 4) is 11.3 Å². The van der Waals surface area contributed by atoms with Gasteiger partial charge in [0.05, 0.1) is 17.1 Å². The maximum Gasteiger partial charge on any atom is 0.196 e. The summed E-state index contributed by atoms with van der Waals surface area (Å²) >= 11 is 1.43. The fraction of sp³-hybridized carbons (Fsp3) is 0.227. The molecule has 0 amide bonds. The summed E-state index contributed by atoms with van der Waals surface area (Å²) in [6.45, 7) is 7.83. The molecule has 28 heavy (non-hydrogen) atoms. The van der Waals surface area contributed by atoms with Crippen LogP contribution in [0.2, 0.25) is 0 Å². The molecule has 0 spiro atoms. The van der Waals surface area contributed by atoms with Crippen LogP contribution in [0, 0.1) is 20.8 Å². The predicted molar refractivity (Wildman–Crippen MR) is 114 cm³/mol. The zero-order valence-electron chi connectivity index (χ0n) is 16.2. The van der Waals surface area contributed by atoms with E-state index in [1.807, 2.05) is 38.1 Å². The molecule has 0 saturated carbocycles. The summed E-state index contributed by atoms with van der Waals surface area (Å²) in [5, 5.41) is 5.07. The maximum absolute atomic E-state index is 13.1. The predicted octanol–water partition coefficient (Wildman–Crippen LogP) is 5.41. The zero-order valence-corrected chi connectivity index (χ0v) is 17.1. The number of nitrogens with one attached hydrogen (secondary N) is 1. The monoisotopic (exact) mass is 391 g/mol. The van der Waals surface area contributed by atoms with Gasteiger partial charge in [0.15, 0.2) is 5.43 Å². The smallest absolute Gasteiger partial charge is 0.196 e. The van der Waals surface area contributed by atoms with E-state index in [0.29, 0.717) is 22.3 Å². The Bertz CT molecular complexity index is 1210. The van der Waals surface area contributed by atoms with E-state index in [1.54, 1.807) is 19.3 Å². The number of anilines is 1. The second kappa shape index (κ2) is 7.20. The lowest BCUT2D eigenvalue weighted by molar-refractivity contribution is 0.605. The minimum Gasteiger partial charge on any atom is -0.455 e. The third-order valence-corrected chi connectivity index (χ3v) is 5.58. The fourth-order valence-electron chi connectivity index (χ4n) is 3.38. The lowest BCUT2D eigenvalue weighted by Crippen LogP contribution is -2.12. The van der Waals surface area contributed by atoms with E-state index in [1.165, 1.54) is 11.5 Å². The van der Waals surface area contributed by atoms with Gasteiger partial charge in [-0.05, 0) is 69.1 Å². The number of aromatic nitrogens is 2. The average Bonchev–Trinajstić information content (AvgIpc) is 3.09. The van der Waals surface area contributed by atoms with Gasteiger partial charge in [0, 0.05) is 29.1 Å². The van der Waals surface area contributed by atoms with E-state index >= 15 is 0 Å². The maximum atomic E-state index is 13.1. The van der Waals surface area contributed by atoms with Gasteiger partial charge in [-0.1, -0.05) is 6.07 Å². The van der Waals surface area contributed by atoms with Gasteiger partial charge in [-0.2, -0.15) is 4.37 Å². The van der Waals surface area contributed by atoms with Crippen molar-refractivity contribution in [2.45, 2.75) is 33.7 Å². The van der Waals surface area contributed by atoms with Crippen LogP contribution in [0.1, 0.15) is 35.3 Å². The van der Waals surface area contributed by atoms with E-state index in [0.717, 1.165) is 27.4 Å². The third kappa shape index (κ3) is 3.31. The zero-order chi connectivity index (χ0) is 19.8. The largest absolute Gasteiger partial charge is 0.455 e. The molecule has 0 fully saturated rings. The van der Waals surface area contributed by atoms with Crippen LogP contribution in [0.5, 0.6) is 0 Å². The molecule has 6 heteroatoms. The van der Waals surface area contributed by atoms with Crippen molar-refractivity contribution in [1.82, 2.24) is 9.36 Å². The van der Waals surface area contributed by atoms with Crippen molar-refractivity contribution in [1.29, 1.82) is 0 Å². The SMILES string of the molecule is Cc1cc([C@@H](C)Nc2cc(C)ns2)c2oc(-c3cccnc3)c(C)c(=O)c2c1. The first-order valence-electron chi connectivity index (χ1n) is 9.12. The highest BCUT2D eigenvalue weighted by Crippen LogP contribution is 2.32. The molecule has 5 nitrogen and oxygen atoms in total. The van der Waals surface area contributed by atoms with Crippen molar-refractivity contribution in [3.63, 3.8) is 0 Å². The number of pyridine rings is 1. The van der Waals surface area contributed by atoms with Gasteiger partial charge in [0.1, 0.15) is 16.3 Å². The molecule has 0 unspecified atom stereocenters. The van der Waals surface area contributed by atoms with E-state index in [4.69, 9.17) is 4.42 Å². The van der Waals surface area contributed by atoms with Crippen LogP contribution < -0.4 is 10.7 Å². The molecule has 4 aromatic rings. The van der Waals surface area contributed by atoms with Crippen LogP contribution in [0.25, 0.3) is 22.3 Å². The second-order valence-corrected chi connectivity index (χ2v) is 7.86. The Morgan fingerprint density at radius 2 is 2.00 bits per heavy atom. The van der Waals surface area contributed by atoms with E-state index in [2.05, 4.69) is 27.7 Å². The van der Waals surface area contributed by atoms with Crippen LogP contribution in [0.15, 0.2) is 51.9 Å². The molecule has 0 aliphatic heterocycles. The lowest BCUT2D eigenvalue weighted by Gasteiger charge is -2.17. The number of aryl methyl sites for hydroxylation is 2. The van der Waals surface area contributed by atoms with Gasteiger partial charge in [-0.15, -0.1) is 0 Å². The molecule has 3 heterocycles. The lowest BCUT2D eigenvalue weighted by atomic mass is 9.99. The summed E-state index contributed by atoms with van der Waals surface area (Å²) in [6, 6.07) is 9.67. The Morgan fingerprint density at radius 3 is 2.68 bits per heavy atom. The third-order valence-electron chi connectivity index (χ3n) is 4.77. The van der Waals surface area contributed by atoms with Crippen molar-refractivity contribution < 1.29 is 4.42 Å². The standard InChI is InChI=1S/C22H21N3O2S/c1-12-8-17(15(4)24-19-10-13(2)25-28-19)22-18(9-12)20(26)14(3)21(27-22)16-6-5-7-23-11-16/h5-11,15,24H,1-4H3/t15-/m1/s1. The van der Waals surface area contributed by atoms with Crippen molar-refractivity contribution in [2.24, 2.45) is 0 Å². The van der Waals surface area contributed by atoms with Crippen molar-refractivity contribution in [3.05, 3.63) is 75.3 Å². The Balaban J connectivity index is 1.91. The highest BCUT2D eigenvalue weighted by molar-refractivity contribution is 7.10. The molecule has 142 valence electrons. The molecule has 1 aromatic carbocycles. The average molecular weight is 391 g/mol. The van der Waals surface area contributed by atoms with Gasteiger partial charge in [-0.25, -0.2) is 0 Å². The molecule has 0 bridgehead atoms. The molecular weight excluding hydrogens is 370 g/mol. The van der Waals surface area contributed by atoms with Crippen LogP contribution >= 0.6 is 11.5 Å². The summed E-state index contributed by atoms with van der Waals surface area (Å²) < 4.78 is 10.6. The Hall–Kier alpha value is -2.99. The number of benzene rings is 1. The summed E-state index contributed by atoms with van der Waals surface area (Å²) in [5.74, 6) is 0.566. The van der Waals surface area contributed by atoms with Crippen LogP contribution in [0.3, 0.4) is 0 Å². The normalized spacial score (nSPS) is 12.3. The number of nitrogens with zero attached hydrogens (tertiary/aromatic N) is 2. The molecule has 0 aliphatic carbocycles. The summed E-state index contributed by atoms with van der Waals surface area (Å²) in [6.07, 6.45) is 3.42. The molecule has 0 aliphatic rings. The van der Waals surface area contributed by atoms with Crippen LogP contribution in [0.4, 0.5) is 5.00 Å². The first-order valence-corrected chi connectivity index (χ1v) is 9.89. The Kier molecular flexibility index (Phi) is 4.73. The fourth-order valence-corrected chi connectivity index (χ4v) is 4.13. The Labute approximate surface area is 167 Å². The minimum atomic E-state index is -0.0464. The Morgan fingerprint density at radius 1 is 1.18 bits per heavy atom. The molecule has 1 atom stereocenters. The van der Waals surface area contributed by atoms with Crippen LogP contribution in [-0.4, -0.2) is 9.36 Å². The molecule has 3 aromatic heterocycles. The van der Waals surface area contributed by atoms with Crippen molar-refractivity contribution >= 4 is 27.5 Å². The quantitative estimate of drug-likeness (QED) is 0.504. The molecule has 0 saturated heterocycles. The van der Waals surface area contributed by atoms with Crippen molar-refractivity contribution in [2.75, 3.05) is 5.32 Å². The minimum absolute atomic E-state index is 0.00844. The van der Waals surface area contributed by atoms with E-state index in [9.17, 15) is 4.79 Å². The summed E-state index contributed by atoms with van der Waals surface area (Å²) in [7, 11) is 0. The van der Waals surface area contributed by atoms with Gasteiger partial charge in [0.2, 0.25) is 0 Å². The topological polar surface area (TPSA) is 68.0 Å². The molecule has 1 N–H and O–H groups in total. The highest BCUT2D eigenvalue weighted by Gasteiger charge is 2.19. The first kappa shape index (κ1) is 18.4. The first-order chi connectivity index (χ1) is 13.4. The van der Waals surface area contributed by atoms with Gasteiger partial charge < -0.3 is 9.73 Å². The number of rotatable bonds is 4. The number of fused-ring (bicyclic) bond motifs is 1. The van der Waals surface area contributed by atoms with E-state index in [-0.39, 0.29) is 11.5 Å². The van der Waals surface area contributed by atoms with E-state index < -0.39 is 0 Å².